The summed E-state index contributed by atoms with van der Waals surface area (Å²) in [6, 6.07) is 14.3. The predicted octanol–water partition coefficient (Wildman–Crippen LogP) is 4.08. The van der Waals surface area contributed by atoms with E-state index in [0.29, 0.717) is 17.0 Å². The first-order chi connectivity index (χ1) is 13.0. The van der Waals surface area contributed by atoms with Gasteiger partial charge in [-0.3, -0.25) is 4.90 Å². The Labute approximate surface area is 175 Å². The van der Waals surface area contributed by atoms with E-state index in [1.54, 1.807) is 24.3 Å². The highest BCUT2D eigenvalue weighted by Gasteiger charge is 2.45. The van der Waals surface area contributed by atoms with Gasteiger partial charge in [-0.05, 0) is 67.2 Å². The number of ether oxygens (including phenoxy) is 1. The molecule has 3 saturated heterocycles. The summed E-state index contributed by atoms with van der Waals surface area (Å²) < 4.78 is 7.67. The van der Waals surface area contributed by atoms with Gasteiger partial charge in [-0.2, -0.15) is 0 Å². The molecule has 4 nitrogen and oxygen atoms in total. The second kappa shape index (κ2) is 7.66. The molecule has 2 bridgehead atoms. The Morgan fingerprint density at radius 3 is 1.85 bits per heavy atom. The molecule has 3 fully saturated rings. The summed E-state index contributed by atoms with van der Waals surface area (Å²) in [5, 5.41) is 11.6. The topological polar surface area (TPSA) is 49.8 Å². The first kappa shape index (κ1) is 19.1. The lowest BCUT2D eigenvalue weighted by Crippen LogP contribution is -2.53. The number of carbonyl (C=O) groups is 1. The molecule has 0 amide bonds. The van der Waals surface area contributed by atoms with Crippen molar-refractivity contribution in [3.63, 3.8) is 0 Å². The summed E-state index contributed by atoms with van der Waals surface area (Å²) in [4.78, 5) is 15.6. The maximum absolute atomic E-state index is 13.3. The quantitative estimate of drug-likeness (QED) is 0.650. The van der Waals surface area contributed by atoms with Crippen molar-refractivity contribution in [3.8, 4) is 0 Å². The number of fused-ring (bicyclic) bond motifs is 3. The van der Waals surface area contributed by atoms with Crippen LogP contribution in [0, 0.1) is 5.92 Å². The molecule has 3 heterocycles. The predicted molar refractivity (Wildman–Crippen MR) is 110 cm³/mol. The molecular weight excluding hydrogens is 474 g/mol. The van der Waals surface area contributed by atoms with Gasteiger partial charge in [-0.15, -0.1) is 0 Å². The van der Waals surface area contributed by atoms with Crippen molar-refractivity contribution in [3.05, 3.63) is 68.6 Å². The van der Waals surface area contributed by atoms with E-state index in [-0.39, 0.29) is 6.10 Å². The van der Waals surface area contributed by atoms with E-state index in [1.807, 2.05) is 24.3 Å². The Hall–Kier alpha value is -1.21. The van der Waals surface area contributed by atoms with Gasteiger partial charge in [-0.25, -0.2) is 4.79 Å². The van der Waals surface area contributed by atoms with Gasteiger partial charge in [0.1, 0.15) is 6.10 Å². The van der Waals surface area contributed by atoms with Crippen LogP contribution >= 0.6 is 31.9 Å². The lowest BCUT2D eigenvalue weighted by atomic mass is 9.84. The molecule has 1 unspecified atom stereocenters. The highest BCUT2D eigenvalue weighted by Crippen LogP contribution is 2.36. The molecule has 6 heteroatoms. The normalized spacial score (nSPS) is 24.6. The smallest absolute Gasteiger partial charge is 0.348 e. The minimum absolute atomic E-state index is 0.155. The van der Waals surface area contributed by atoms with Crippen LogP contribution in [0.4, 0.5) is 0 Å². The molecule has 0 aromatic heterocycles. The van der Waals surface area contributed by atoms with Gasteiger partial charge in [0, 0.05) is 15.5 Å². The minimum Gasteiger partial charge on any atom is -0.458 e. The van der Waals surface area contributed by atoms with Crippen LogP contribution in [-0.2, 0) is 15.1 Å². The average Bonchev–Trinajstić information content (AvgIpc) is 2.69. The minimum atomic E-state index is -1.84. The highest BCUT2D eigenvalue weighted by molar-refractivity contribution is 9.10. The van der Waals surface area contributed by atoms with E-state index >= 15 is 0 Å². The molecule has 142 valence electrons. The van der Waals surface area contributed by atoms with Gasteiger partial charge in [0.2, 0.25) is 5.60 Å². The Morgan fingerprint density at radius 2 is 1.44 bits per heavy atom. The number of nitrogens with zero attached hydrogens (tertiary/aromatic N) is 1. The fraction of sp³-hybridized carbons (Fsp3) is 0.381. The lowest BCUT2D eigenvalue weighted by molar-refractivity contribution is -0.177. The molecule has 0 aliphatic carbocycles. The molecule has 3 aliphatic heterocycles. The summed E-state index contributed by atoms with van der Waals surface area (Å²) in [6.45, 7) is 2.90. The third-order valence-corrected chi connectivity index (χ3v) is 6.73. The fourth-order valence-electron chi connectivity index (χ4n) is 4.05. The summed E-state index contributed by atoms with van der Waals surface area (Å²) in [5.74, 6) is -0.219. The monoisotopic (exact) mass is 493 g/mol. The lowest BCUT2D eigenvalue weighted by Gasteiger charge is -2.44. The largest absolute Gasteiger partial charge is 0.458 e. The van der Waals surface area contributed by atoms with Crippen LogP contribution in [0.1, 0.15) is 24.0 Å². The Kier molecular flexibility index (Phi) is 5.43. The number of rotatable bonds is 4. The van der Waals surface area contributed by atoms with Gasteiger partial charge >= 0.3 is 5.97 Å². The van der Waals surface area contributed by atoms with Gasteiger partial charge < -0.3 is 9.84 Å². The molecule has 0 radical (unpaired) electrons. The fourth-order valence-corrected chi connectivity index (χ4v) is 4.58. The summed E-state index contributed by atoms with van der Waals surface area (Å²) >= 11 is 6.81. The van der Waals surface area contributed by atoms with E-state index < -0.39 is 11.6 Å². The molecule has 1 atom stereocenters. The van der Waals surface area contributed by atoms with Gasteiger partial charge in [0.25, 0.3) is 0 Å². The Bertz CT molecular complexity index is 769. The Balaban J connectivity index is 1.67. The van der Waals surface area contributed by atoms with Crippen LogP contribution in [0.2, 0.25) is 0 Å². The molecule has 0 saturated carbocycles. The number of benzene rings is 2. The molecule has 5 rings (SSSR count). The summed E-state index contributed by atoms with van der Waals surface area (Å²) in [7, 11) is 0. The molecule has 2 aromatic carbocycles. The first-order valence-corrected chi connectivity index (χ1v) is 10.7. The Morgan fingerprint density at radius 1 is 0.963 bits per heavy atom. The zero-order valence-electron chi connectivity index (χ0n) is 14.8. The van der Waals surface area contributed by atoms with Crippen molar-refractivity contribution in [1.29, 1.82) is 0 Å². The molecule has 2 aromatic rings. The number of piperidine rings is 3. The van der Waals surface area contributed by atoms with E-state index in [2.05, 4.69) is 36.8 Å². The van der Waals surface area contributed by atoms with Crippen molar-refractivity contribution in [1.82, 2.24) is 4.90 Å². The highest BCUT2D eigenvalue weighted by atomic mass is 79.9. The number of aliphatic hydroxyl groups is 1. The SMILES string of the molecule is O=C(OC1CN2CCC1CC2)C(O)(c1ccc(Br)cc1)c1ccc(Br)cc1. The van der Waals surface area contributed by atoms with Crippen molar-refractivity contribution in [2.24, 2.45) is 5.92 Å². The van der Waals surface area contributed by atoms with E-state index in [4.69, 9.17) is 4.74 Å². The maximum Gasteiger partial charge on any atom is 0.348 e. The van der Waals surface area contributed by atoms with Crippen molar-refractivity contribution in [2.75, 3.05) is 19.6 Å². The zero-order chi connectivity index (χ0) is 19.0. The molecule has 0 spiro atoms. The number of carbonyl (C=O) groups excluding carboxylic acids is 1. The molecule has 3 aliphatic rings. The zero-order valence-corrected chi connectivity index (χ0v) is 17.9. The number of halogens is 2. The number of esters is 1. The molecule has 27 heavy (non-hydrogen) atoms. The van der Waals surface area contributed by atoms with Gasteiger partial charge in [0.05, 0.1) is 0 Å². The van der Waals surface area contributed by atoms with Crippen LogP contribution in [0.25, 0.3) is 0 Å². The maximum atomic E-state index is 13.3. The van der Waals surface area contributed by atoms with Crippen LogP contribution in [-0.4, -0.2) is 41.7 Å². The molecule has 1 N–H and O–H groups in total. The average molecular weight is 495 g/mol. The second-order valence-electron chi connectivity index (χ2n) is 7.31. The summed E-state index contributed by atoms with van der Waals surface area (Å²) in [6.07, 6.45) is 1.94. The van der Waals surface area contributed by atoms with Crippen molar-refractivity contribution >= 4 is 37.8 Å². The standard InChI is InChI=1S/C21H21Br2NO3/c22-17-5-1-15(2-6-17)21(26,16-3-7-18(23)8-4-16)20(25)27-19-13-24-11-9-14(19)10-12-24/h1-8,14,19,26H,9-13H2. The van der Waals surface area contributed by atoms with E-state index in [9.17, 15) is 9.90 Å². The van der Waals surface area contributed by atoms with E-state index in [1.165, 1.54) is 0 Å². The van der Waals surface area contributed by atoms with E-state index in [0.717, 1.165) is 41.4 Å². The third kappa shape index (κ3) is 3.73. The second-order valence-corrected chi connectivity index (χ2v) is 9.14. The van der Waals surface area contributed by atoms with Crippen LogP contribution in [0.3, 0.4) is 0 Å². The summed E-state index contributed by atoms with van der Waals surface area (Å²) in [5.41, 5.74) is -0.841. The van der Waals surface area contributed by atoms with Gasteiger partial charge in [0.15, 0.2) is 0 Å². The van der Waals surface area contributed by atoms with Crippen molar-refractivity contribution in [2.45, 2.75) is 24.5 Å². The third-order valence-electron chi connectivity index (χ3n) is 5.67. The first-order valence-electron chi connectivity index (χ1n) is 9.15. The van der Waals surface area contributed by atoms with Crippen LogP contribution in [0.5, 0.6) is 0 Å². The number of hydrogen-bond donors (Lipinski definition) is 1. The van der Waals surface area contributed by atoms with Crippen molar-refractivity contribution < 1.29 is 14.6 Å². The van der Waals surface area contributed by atoms with Gasteiger partial charge in [-0.1, -0.05) is 56.1 Å². The molecular formula is C21H21Br2NO3. The van der Waals surface area contributed by atoms with Crippen LogP contribution in [0.15, 0.2) is 57.5 Å². The van der Waals surface area contributed by atoms with Crippen LogP contribution < -0.4 is 0 Å². The number of hydrogen-bond acceptors (Lipinski definition) is 4.